The van der Waals surface area contributed by atoms with Crippen LogP contribution in [0, 0.1) is 0 Å². The van der Waals surface area contributed by atoms with Crippen LogP contribution in [0.2, 0.25) is 5.02 Å². The third-order valence-corrected chi connectivity index (χ3v) is 3.16. The van der Waals surface area contributed by atoms with E-state index in [2.05, 4.69) is 9.55 Å². The molecule has 0 unspecified atom stereocenters. The number of benzene rings is 1. The Morgan fingerprint density at radius 3 is 2.81 bits per heavy atom. The summed E-state index contributed by atoms with van der Waals surface area (Å²) in [5.41, 5.74) is 2.19. The Labute approximate surface area is 105 Å². The van der Waals surface area contributed by atoms with Gasteiger partial charge >= 0.3 is 0 Å². The molecule has 0 amide bonds. The minimum absolute atomic E-state index is 0.489. The molecule has 0 N–H and O–H groups in total. The smallest absolute Gasteiger partial charge is 0.0948 e. The number of rotatable bonds is 4. The molecule has 0 atom stereocenters. The highest BCUT2D eigenvalue weighted by atomic mass is 35.5. The molecule has 0 aliphatic carbocycles. The Kier molecular flexibility index (Phi) is 3.86. The summed E-state index contributed by atoms with van der Waals surface area (Å²) < 4.78 is 2.05. The van der Waals surface area contributed by atoms with Gasteiger partial charge in [0.2, 0.25) is 0 Å². The fraction of sp³-hybridized carbons (Fsp3) is 0.250. The van der Waals surface area contributed by atoms with E-state index in [4.69, 9.17) is 23.2 Å². The van der Waals surface area contributed by atoms with Crippen molar-refractivity contribution in [2.24, 2.45) is 0 Å². The van der Waals surface area contributed by atoms with E-state index in [0.717, 1.165) is 29.2 Å². The van der Waals surface area contributed by atoms with Gasteiger partial charge in [0.1, 0.15) is 0 Å². The number of aryl methyl sites for hydroxylation is 2. The van der Waals surface area contributed by atoms with Crippen LogP contribution in [0.1, 0.15) is 11.3 Å². The Morgan fingerprint density at radius 1 is 1.25 bits per heavy atom. The van der Waals surface area contributed by atoms with E-state index in [9.17, 15) is 0 Å². The number of alkyl halides is 1. The molecule has 2 aromatic rings. The van der Waals surface area contributed by atoms with Crippen molar-refractivity contribution in [1.29, 1.82) is 0 Å². The quantitative estimate of drug-likeness (QED) is 0.764. The molecule has 2 rings (SSSR count). The first kappa shape index (κ1) is 11.5. The third-order valence-electron chi connectivity index (χ3n) is 2.52. The topological polar surface area (TPSA) is 17.8 Å². The van der Waals surface area contributed by atoms with Crippen LogP contribution in [0.5, 0.6) is 0 Å². The molecule has 1 heterocycles. The predicted molar refractivity (Wildman–Crippen MR) is 66.9 cm³/mol. The molecule has 0 fully saturated rings. The van der Waals surface area contributed by atoms with E-state index in [-0.39, 0.29) is 0 Å². The van der Waals surface area contributed by atoms with E-state index in [1.165, 1.54) is 0 Å². The normalized spacial score (nSPS) is 10.6. The van der Waals surface area contributed by atoms with Crippen LogP contribution in [0.15, 0.2) is 36.8 Å². The highest BCUT2D eigenvalue weighted by Crippen LogP contribution is 2.16. The molecular formula is C12H12Cl2N2. The van der Waals surface area contributed by atoms with Gasteiger partial charge in [0.15, 0.2) is 0 Å². The zero-order chi connectivity index (χ0) is 11.4. The molecule has 4 heteroatoms. The largest absolute Gasteiger partial charge is 0.333 e. The van der Waals surface area contributed by atoms with Crippen molar-refractivity contribution in [3.05, 3.63) is 53.1 Å². The van der Waals surface area contributed by atoms with Gasteiger partial charge in [-0.05, 0) is 18.1 Å². The van der Waals surface area contributed by atoms with Crippen LogP contribution >= 0.6 is 23.2 Å². The number of halogens is 2. The van der Waals surface area contributed by atoms with E-state index >= 15 is 0 Å². The van der Waals surface area contributed by atoms with Gasteiger partial charge in [-0.1, -0.05) is 29.8 Å². The van der Waals surface area contributed by atoms with E-state index in [1.54, 1.807) is 12.5 Å². The van der Waals surface area contributed by atoms with Crippen LogP contribution in [0.3, 0.4) is 0 Å². The molecule has 0 bridgehead atoms. The van der Waals surface area contributed by atoms with Gasteiger partial charge in [0.05, 0.1) is 17.9 Å². The highest BCUT2D eigenvalue weighted by Gasteiger charge is 2.02. The molecule has 0 saturated heterocycles. The molecule has 0 aliphatic rings. The lowest BCUT2D eigenvalue weighted by Gasteiger charge is -2.07. The van der Waals surface area contributed by atoms with Crippen LogP contribution in [0.25, 0.3) is 0 Å². The van der Waals surface area contributed by atoms with Crippen LogP contribution in [0.4, 0.5) is 0 Å². The summed E-state index contributed by atoms with van der Waals surface area (Å²) in [4.78, 5) is 4.07. The second-order valence-corrected chi connectivity index (χ2v) is 4.23. The van der Waals surface area contributed by atoms with Crippen molar-refractivity contribution in [2.75, 3.05) is 0 Å². The SMILES string of the molecule is ClCc1cncn1CCc1ccccc1Cl. The Morgan fingerprint density at radius 2 is 2.06 bits per heavy atom. The maximum atomic E-state index is 6.09. The molecule has 0 saturated carbocycles. The second-order valence-electron chi connectivity index (χ2n) is 3.55. The number of hydrogen-bond acceptors (Lipinski definition) is 1. The summed E-state index contributed by atoms with van der Waals surface area (Å²) in [5.74, 6) is 0.489. The maximum Gasteiger partial charge on any atom is 0.0948 e. The number of imidazole rings is 1. The number of hydrogen-bond donors (Lipinski definition) is 0. The highest BCUT2D eigenvalue weighted by molar-refractivity contribution is 6.31. The van der Waals surface area contributed by atoms with Crippen LogP contribution in [-0.2, 0) is 18.8 Å². The monoisotopic (exact) mass is 254 g/mol. The van der Waals surface area contributed by atoms with E-state index in [0.29, 0.717) is 5.88 Å². The summed E-state index contributed by atoms with van der Waals surface area (Å²) >= 11 is 11.9. The summed E-state index contributed by atoms with van der Waals surface area (Å²) in [6.45, 7) is 0.853. The lowest BCUT2D eigenvalue weighted by atomic mass is 10.1. The zero-order valence-electron chi connectivity index (χ0n) is 8.74. The fourth-order valence-electron chi connectivity index (χ4n) is 1.60. The third kappa shape index (κ3) is 2.57. The van der Waals surface area contributed by atoms with E-state index in [1.807, 2.05) is 24.3 Å². The number of nitrogens with zero attached hydrogens (tertiary/aromatic N) is 2. The van der Waals surface area contributed by atoms with Gasteiger partial charge in [-0.2, -0.15) is 0 Å². The molecule has 0 aliphatic heterocycles. The summed E-state index contributed by atoms with van der Waals surface area (Å²) in [6, 6.07) is 7.89. The van der Waals surface area contributed by atoms with Crippen LogP contribution < -0.4 is 0 Å². The first-order valence-electron chi connectivity index (χ1n) is 5.09. The summed E-state index contributed by atoms with van der Waals surface area (Å²) in [7, 11) is 0. The zero-order valence-corrected chi connectivity index (χ0v) is 10.2. The first-order valence-corrected chi connectivity index (χ1v) is 6.01. The second kappa shape index (κ2) is 5.37. The van der Waals surface area contributed by atoms with Gasteiger partial charge in [0, 0.05) is 17.8 Å². The Balaban J connectivity index is 2.05. The molecule has 84 valence electrons. The predicted octanol–water partition coefficient (Wildman–Crippen LogP) is 3.52. The van der Waals surface area contributed by atoms with Crippen molar-refractivity contribution < 1.29 is 0 Å². The first-order chi connectivity index (χ1) is 7.81. The van der Waals surface area contributed by atoms with Crippen molar-refractivity contribution >= 4 is 23.2 Å². The minimum atomic E-state index is 0.489. The molecule has 1 aromatic carbocycles. The molecule has 1 aromatic heterocycles. The minimum Gasteiger partial charge on any atom is -0.333 e. The Bertz CT molecular complexity index is 466. The standard InChI is InChI=1S/C12H12Cl2N2/c13-7-11-8-15-9-16(11)6-5-10-3-1-2-4-12(10)14/h1-4,8-9H,5-7H2. The number of aromatic nitrogens is 2. The van der Waals surface area contributed by atoms with Gasteiger partial charge in [-0.15, -0.1) is 11.6 Å². The maximum absolute atomic E-state index is 6.09. The van der Waals surface area contributed by atoms with Crippen molar-refractivity contribution in [1.82, 2.24) is 9.55 Å². The van der Waals surface area contributed by atoms with E-state index < -0.39 is 0 Å². The van der Waals surface area contributed by atoms with Crippen molar-refractivity contribution in [2.45, 2.75) is 18.8 Å². The fourth-order valence-corrected chi connectivity index (χ4v) is 2.06. The summed E-state index contributed by atoms with van der Waals surface area (Å²) in [5, 5.41) is 0.815. The molecule has 16 heavy (non-hydrogen) atoms. The molecular weight excluding hydrogens is 243 g/mol. The average Bonchev–Trinajstić information content (AvgIpc) is 2.75. The van der Waals surface area contributed by atoms with Gasteiger partial charge in [-0.3, -0.25) is 0 Å². The van der Waals surface area contributed by atoms with Gasteiger partial charge in [0.25, 0.3) is 0 Å². The molecule has 0 spiro atoms. The molecule has 0 radical (unpaired) electrons. The molecule has 2 nitrogen and oxygen atoms in total. The van der Waals surface area contributed by atoms with Gasteiger partial charge in [-0.25, -0.2) is 4.98 Å². The lowest BCUT2D eigenvalue weighted by molar-refractivity contribution is 0.674. The van der Waals surface area contributed by atoms with Gasteiger partial charge < -0.3 is 4.57 Å². The lowest BCUT2D eigenvalue weighted by Crippen LogP contribution is -2.03. The Hall–Kier alpha value is -0.990. The van der Waals surface area contributed by atoms with Crippen molar-refractivity contribution in [3.8, 4) is 0 Å². The summed E-state index contributed by atoms with van der Waals surface area (Å²) in [6.07, 6.45) is 4.48. The van der Waals surface area contributed by atoms with Crippen molar-refractivity contribution in [3.63, 3.8) is 0 Å². The van der Waals surface area contributed by atoms with Crippen LogP contribution in [-0.4, -0.2) is 9.55 Å². The average molecular weight is 255 g/mol.